The summed E-state index contributed by atoms with van der Waals surface area (Å²) in [6.07, 6.45) is 1.65. The lowest BCUT2D eigenvalue weighted by Gasteiger charge is -2.18. The van der Waals surface area contributed by atoms with Crippen LogP contribution in [0.1, 0.15) is 23.0 Å². The number of nitrogens with zero attached hydrogens (tertiary/aromatic N) is 1. The molecule has 4 heteroatoms. The Kier molecular flexibility index (Phi) is 4.93. The zero-order valence-electron chi connectivity index (χ0n) is 10.8. The third-order valence-corrected chi connectivity index (χ3v) is 3.64. The molecule has 2 aromatic rings. The van der Waals surface area contributed by atoms with Crippen LogP contribution in [-0.2, 0) is 6.54 Å². The highest BCUT2D eigenvalue weighted by Gasteiger charge is 2.14. The molecule has 0 fully saturated rings. The van der Waals surface area contributed by atoms with E-state index in [1.165, 1.54) is 0 Å². The van der Waals surface area contributed by atoms with Crippen LogP contribution in [-0.4, -0.2) is 23.8 Å². The molecule has 0 amide bonds. The first-order valence-corrected chi connectivity index (χ1v) is 7.02. The molecule has 1 aromatic heterocycles. The molecule has 0 aliphatic heterocycles. The highest BCUT2D eigenvalue weighted by molar-refractivity contribution is 9.10. The van der Waals surface area contributed by atoms with Crippen molar-refractivity contribution in [3.63, 3.8) is 0 Å². The van der Waals surface area contributed by atoms with Gasteiger partial charge in [0, 0.05) is 10.0 Å². The summed E-state index contributed by atoms with van der Waals surface area (Å²) in [5.41, 5.74) is 0.723. The molecule has 1 heterocycles. The van der Waals surface area contributed by atoms with Crippen LogP contribution in [0.2, 0.25) is 0 Å². The molecule has 0 N–H and O–H groups in total. The highest BCUT2D eigenvalue weighted by atomic mass is 79.9. The second-order valence-electron chi connectivity index (χ2n) is 4.29. The Bertz CT molecular complexity index is 537. The van der Waals surface area contributed by atoms with Gasteiger partial charge in [0.2, 0.25) is 0 Å². The monoisotopic (exact) mass is 321 g/mol. The summed E-state index contributed by atoms with van der Waals surface area (Å²) in [6.45, 7) is 3.88. The Morgan fingerprint density at radius 2 is 2.05 bits per heavy atom. The zero-order valence-corrected chi connectivity index (χ0v) is 12.4. The number of ketones is 1. The Morgan fingerprint density at radius 1 is 1.26 bits per heavy atom. The molecule has 0 atom stereocenters. The lowest BCUT2D eigenvalue weighted by molar-refractivity contribution is 0.0924. The first-order valence-electron chi connectivity index (χ1n) is 6.23. The normalized spacial score (nSPS) is 10.9. The number of Topliss-reactive ketones (excluding diaryl/α,β-unsaturated/α-hetero) is 1. The molecular formula is C15H16BrNO2. The fourth-order valence-corrected chi connectivity index (χ4v) is 2.38. The van der Waals surface area contributed by atoms with E-state index in [0.717, 1.165) is 22.3 Å². The molecule has 0 aliphatic carbocycles. The van der Waals surface area contributed by atoms with Crippen molar-refractivity contribution in [2.24, 2.45) is 0 Å². The smallest absolute Gasteiger partial charge is 0.177 e. The highest BCUT2D eigenvalue weighted by Crippen LogP contribution is 2.17. The Morgan fingerprint density at radius 3 is 2.68 bits per heavy atom. The molecule has 0 radical (unpaired) electrons. The number of furan rings is 1. The molecule has 3 nitrogen and oxygen atoms in total. The van der Waals surface area contributed by atoms with Crippen LogP contribution in [0, 0.1) is 0 Å². The van der Waals surface area contributed by atoms with Gasteiger partial charge in [-0.2, -0.15) is 0 Å². The molecule has 0 saturated heterocycles. The number of carbonyl (C=O) groups excluding carboxylic acids is 1. The van der Waals surface area contributed by atoms with Crippen LogP contribution in [0.3, 0.4) is 0 Å². The summed E-state index contributed by atoms with van der Waals surface area (Å²) in [7, 11) is 0. The molecule has 0 aliphatic rings. The molecule has 1 aromatic carbocycles. The van der Waals surface area contributed by atoms with Gasteiger partial charge in [0.05, 0.1) is 19.4 Å². The van der Waals surface area contributed by atoms with Crippen molar-refractivity contribution in [2.75, 3.05) is 13.1 Å². The molecule has 100 valence electrons. The zero-order chi connectivity index (χ0) is 13.7. The molecule has 0 bridgehead atoms. The van der Waals surface area contributed by atoms with Crippen LogP contribution in [0.25, 0.3) is 0 Å². The van der Waals surface area contributed by atoms with Crippen LogP contribution in [0.5, 0.6) is 0 Å². The maximum Gasteiger partial charge on any atom is 0.177 e. The van der Waals surface area contributed by atoms with E-state index in [1.54, 1.807) is 6.26 Å². The molecule has 2 rings (SSSR count). The van der Waals surface area contributed by atoms with E-state index in [2.05, 4.69) is 20.8 Å². The van der Waals surface area contributed by atoms with Crippen molar-refractivity contribution >= 4 is 21.7 Å². The van der Waals surface area contributed by atoms with Crippen molar-refractivity contribution in [3.8, 4) is 0 Å². The van der Waals surface area contributed by atoms with Gasteiger partial charge in [-0.05, 0) is 24.7 Å². The van der Waals surface area contributed by atoms with Gasteiger partial charge in [-0.3, -0.25) is 9.69 Å². The summed E-state index contributed by atoms with van der Waals surface area (Å²) in [5.74, 6) is 0.989. The lowest BCUT2D eigenvalue weighted by Crippen LogP contribution is -2.29. The standard InChI is InChI=1S/C15H16BrNO2/c1-2-17(10-12-6-5-9-19-12)11-15(18)13-7-3-4-8-14(13)16/h3-9H,2,10-11H2,1H3. The van der Waals surface area contributed by atoms with E-state index in [9.17, 15) is 4.79 Å². The van der Waals surface area contributed by atoms with Crippen LogP contribution in [0.15, 0.2) is 51.6 Å². The van der Waals surface area contributed by atoms with Gasteiger partial charge in [0.25, 0.3) is 0 Å². The van der Waals surface area contributed by atoms with Crippen molar-refractivity contribution in [1.29, 1.82) is 0 Å². The number of rotatable bonds is 6. The van der Waals surface area contributed by atoms with E-state index in [0.29, 0.717) is 13.1 Å². The fourth-order valence-electron chi connectivity index (χ4n) is 1.88. The van der Waals surface area contributed by atoms with Crippen LogP contribution < -0.4 is 0 Å². The number of hydrogen-bond donors (Lipinski definition) is 0. The third kappa shape index (κ3) is 3.78. The average molecular weight is 322 g/mol. The quantitative estimate of drug-likeness (QED) is 0.760. The van der Waals surface area contributed by atoms with Crippen molar-refractivity contribution in [2.45, 2.75) is 13.5 Å². The molecule has 0 spiro atoms. The number of hydrogen-bond acceptors (Lipinski definition) is 3. The van der Waals surface area contributed by atoms with E-state index < -0.39 is 0 Å². The molecule has 0 saturated carbocycles. The maximum atomic E-state index is 12.3. The second kappa shape index (κ2) is 6.68. The van der Waals surface area contributed by atoms with Crippen molar-refractivity contribution < 1.29 is 9.21 Å². The third-order valence-electron chi connectivity index (χ3n) is 2.95. The van der Waals surface area contributed by atoms with Crippen molar-refractivity contribution in [1.82, 2.24) is 4.90 Å². The van der Waals surface area contributed by atoms with E-state index in [4.69, 9.17) is 4.42 Å². The fraction of sp³-hybridized carbons (Fsp3) is 0.267. The topological polar surface area (TPSA) is 33.5 Å². The lowest BCUT2D eigenvalue weighted by atomic mass is 10.1. The van der Waals surface area contributed by atoms with Crippen molar-refractivity contribution in [3.05, 3.63) is 58.5 Å². The van der Waals surface area contributed by atoms with Gasteiger partial charge in [-0.15, -0.1) is 0 Å². The van der Waals surface area contributed by atoms with Gasteiger partial charge in [0.1, 0.15) is 5.76 Å². The van der Waals surface area contributed by atoms with Gasteiger partial charge in [0.15, 0.2) is 5.78 Å². The minimum Gasteiger partial charge on any atom is -0.468 e. The maximum absolute atomic E-state index is 12.3. The predicted octanol–water partition coefficient (Wildman–Crippen LogP) is 3.75. The van der Waals surface area contributed by atoms with Gasteiger partial charge in [-0.25, -0.2) is 0 Å². The van der Waals surface area contributed by atoms with Gasteiger partial charge >= 0.3 is 0 Å². The van der Waals surface area contributed by atoms with E-state index in [1.807, 2.05) is 43.3 Å². The number of benzene rings is 1. The predicted molar refractivity (Wildman–Crippen MR) is 78.1 cm³/mol. The van der Waals surface area contributed by atoms with Crippen LogP contribution in [0.4, 0.5) is 0 Å². The Hall–Kier alpha value is -1.39. The SMILES string of the molecule is CCN(CC(=O)c1ccccc1Br)Cc1ccco1. The first kappa shape index (κ1) is 14.0. The summed E-state index contributed by atoms with van der Waals surface area (Å²) < 4.78 is 6.16. The molecule has 19 heavy (non-hydrogen) atoms. The summed E-state index contributed by atoms with van der Waals surface area (Å²) in [6, 6.07) is 11.3. The average Bonchev–Trinajstić information content (AvgIpc) is 2.91. The first-order chi connectivity index (χ1) is 9.20. The molecule has 0 unspecified atom stereocenters. The number of likely N-dealkylation sites (N-methyl/N-ethyl adjacent to an activating group) is 1. The van der Waals surface area contributed by atoms with Crippen LogP contribution >= 0.6 is 15.9 Å². The number of halogens is 1. The Labute approximate surface area is 121 Å². The largest absolute Gasteiger partial charge is 0.468 e. The minimum absolute atomic E-state index is 0.112. The second-order valence-corrected chi connectivity index (χ2v) is 5.14. The van der Waals surface area contributed by atoms with E-state index >= 15 is 0 Å². The Balaban J connectivity index is 2.02. The summed E-state index contributed by atoms with van der Waals surface area (Å²) in [5, 5.41) is 0. The number of carbonyl (C=O) groups is 1. The van der Waals surface area contributed by atoms with Gasteiger partial charge < -0.3 is 4.42 Å². The van der Waals surface area contributed by atoms with Gasteiger partial charge in [-0.1, -0.05) is 41.1 Å². The molecular weight excluding hydrogens is 306 g/mol. The summed E-state index contributed by atoms with van der Waals surface area (Å²) in [4.78, 5) is 14.3. The minimum atomic E-state index is 0.112. The summed E-state index contributed by atoms with van der Waals surface area (Å²) >= 11 is 3.41. The van der Waals surface area contributed by atoms with E-state index in [-0.39, 0.29) is 5.78 Å².